The van der Waals surface area contributed by atoms with Crippen LogP contribution in [0.1, 0.15) is 81.7 Å². The third-order valence-corrected chi connectivity index (χ3v) is 6.19. The highest BCUT2D eigenvalue weighted by atomic mass is 19.1. The Kier molecular flexibility index (Phi) is 8.91. The molecular formula is C29H38FN3O. The SMILES string of the molecule is CCCCN(Cc1cccn1Cc1cccc(F)c1)C(=O)Nc1c(C(C)C)cccc1C(C)C. The summed E-state index contributed by atoms with van der Waals surface area (Å²) in [6.07, 6.45) is 3.93. The van der Waals surface area contributed by atoms with E-state index >= 15 is 0 Å². The number of hydrogen-bond donors (Lipinski definition) is 1. The molecule has 1 aromatic heterocycles. The number of rotatable bonds is 10. The molecule has 0 aliphatic heterocycles. The van der Waals surface area contributed by atoms with Crippen LogP contribution in [0, 0.1) is 5.82 Å². The molecule has 0 radical (unpaired) electrons. The smallest absolute Gasteiger partial charge is 0.322 e. The van der Waals surface area contributed by atoms with Crippen molar-refractivity contribution in [1.29, 1.82) is 0 Å². The van der Waals surface area contributed by atoms with Crippen molar-refractivity contribution in [1.82, 2.24) is 9.47 Å². The van der Waals surface area contributed by atoms with Gasteiger partial charge >= 0.3 is 6.03 Å². The summed E-state index contributed by atoms with van der Waals surface area (Å²) in [7, 11) is 0. The predicted molar refractivity (Wildman–Crippen MR) is 139 cm³/mol. The lowest BCUT2D eigenvalue weighted by Crippen LogP contribution is -2.36. The van der Waals surface area contributed by atoms with Crippen LogP contribution in [0.15, 0.2) is 60.8 Å². The molecule has 2 aromatic carbocycles. The normalized spacial score (nSPS) is 11.3. The summed E-state index contributed by atoms with van der Waals surface area (Å²) in [6, 6.07) is 16.9. The van der Waals surface area contributed by atoms with Crippen LogP contribution in [-0.2, 0) is 13.1 Å². The fourth-order valence-corrected chi connectivity index (χ4v) is 4.26. The van der Waals surface area contributed by atoms with Crippen LogP contribution in [0.5, 0.6) is 0 Å². The van der Waals surface area contributed by atoms with E-state index in [1.54, 1.807) is 12.1 Å². The molecule has 0 unspecified atom stereocenters. The van der Waals surface area contributed by atoms with Gasteiger partial charge in [0.2, 0.25) is 0 Å². The van der Waals surface area contributed by atoms with E-state index in [1.165, 1.54) is 6.07 Å². The van der Waals surface area contributed by atoms with E-state index < -0.39 is 0 Å². The summed E-state index contributed by atoms with van der Waals surface area (Å²) >= 11 is 0. The molecule has 4 nitrogen and oxygen atoms in total. The first-order valence-electron chi connectivity index (χ1n) is 12.4. The number of unbranched alkanes of at least 4 members (excludes halogenated alkanes) is 1. The second kappa shape index (κ2) is 11.9. The van der Waals surface area contributed by atoms with Crippen LogP contribution >= 0.6 is 0 Å². The van der Waals surface area contributed by atoms with E-state index in [0.29, 0.717) is 31.5 Å². The van der Waals surface area contributed by atoms with Crippen molar-refractivity contribution in [3.8, 4) is 0 Å². The Morgan fingerprint density at radius 1 is 1.00 bits per heavy atom. The monoisotopic (exact) mass is 463 g/mol. The molecule has 0 atom stereocenters. The Morgan fingerprint density at radius 3 is 2.29 bits per heavy atom. The molecule has 5 heteroatoms. The molecule has 3 aromatic rings. The standard InChI is InChI=1S/C29H38FN3O/c1-6-7-16-33(20-25-13-10-17-32(25)19-23-11-8-12-24(30)18-23)29(34)31-28-26(21(2)3)14-9-15-27(28)22(4)5/h8-15,17-18,21-22H,6-7,16,19-20H2,1-5H3,(H,31,34). The largest absolute Gasteiger partial charge is 0.345 e. The third kappa shape index (κ3) is 6.49. The van der Waals surface area contributed by atoms with Crippen LogP contribution in [0.4, 0.5) is 14.9 Å². The van der Waals surface area contributed by atoms with Gasteiger partial charge in [0.25, 0.3) is 0 Å². The number of nitrogens with one attached hydrogen (secondary N) is 1. The van der Waals surface area contributed by atoms with Gasteiger partial charge in [0, 0.05) is 30.7 Å². The highest BCUT2D eigenvalue weighted by Gasteiger charge is 2.20. The molecule has 34 heavy (non-hydrogen) atoms. The number of benzene rings is 2. The maximum atomic E-state index is 13.7. The summed E-state index contributed by atoms with van der Waals surface area (Å²) in [6.45, 7) is 12.5. The van der Waals surface area contributed by atoms with Crippen molar-refractivity contribution in [3.05, 3.63) is 89.0 Å². The number of amides is 2. The van der Waals surface area contributed by atoms with Gasteiger partial charge in [0.1, 0.15) is 5.82 Å². The predicted octanol–water partition coefficient (Wildman–Crippen LogP) is 7.76. The summed E-state index contributed by atoms with van der Waals surface area (Å²) in [4.78, 5) is 15.5. The van der Waals surface area contributed by atoms with Crippen LogP contribution in [0.25, 0.3) is 0 Å². The first kappa shape index (κ1) is 25.5. The maximum absolute atomic E-state index is 13.7. The zero-order chi connectivity index (χ0) is 24.7. The van der Waals surface area contributed by atoms with Crippen molar-refractivity contribution < 1.29 is 9.18 Å². The zero-order valence-corrected chi connectivity index (χ0v) is 21.1. The first-order valence-corrected chi connectivity index (χ1v) is 12.4. The quantitative estimate of drug-likeness (QED) is 0.328. The van der Waals surface area contributed by atoms with Gasteiger partial charge in [-0.2, -0.15) is 0 Å². The number of carbonyl (C=O) groups excluding carboxylic acids is 1. The van der Waals surface area contributed by atoms with Gasteiger partial charge in [-0.1, -0.05) is 71.4 Å². The first-order chi connectivity index (χ1) is 16.3. The van der Waals surface area contributed by atoms with Gasteiger partial charge in [0.15, 0.2) is 0 Å². The van der Waals surface area contributed by atoms with Crippen molar-refractivity contribution in [2.75, 3.05) is 11.9 Å². The van der Waals surface area contributed by atoms with E-state index in [-0.39, 0.29) is 11.8 Å². The minimum atomic E-state index is -0.236. The van der Waals surface area contributed by atoms with Crippen molar-refractivity contribution >= 4 is 11.7 Å². The Balaban J connectivity index is 1.84. The molecule has 0 aliphatic rings. The lowest BCUT2D eigenvalue weighted by molar-refractivity contribution is 0.206. The van der Waals surface area contributed by atoms with Crippen LogP contribution in [0.2, 0.25) is 0 Å². The topological polar surface area (TPSA) is 37.3 Å². The molecule has 1 heterocycles. The van der Waals surface area contributed by atoms with Crippen LogP contribution in [0.3, 0.4) is 0 Å². The number of halogens is 1. The summed E-state index contributed by atoms with van der Waals surface area (Å²) in [5.41, 5.74) is 5.18. The molecule has 0 spiro atoms. The average molecular weight is 464 g/mol. The molecule has 182 valence electrons. The highest BCUT2D eigenvalue weighted by molar-refractivity contribution is 5.91. The van der Waals surface area contributed by atoms with Gasteiger partial charge in [-0.05, 0) is 59.2 Å². The lowest BCUT2D eigenvalue weighted by Gasteiger charge is -2.27. The number of urea groups is 1. The van der Waals surface area contributed by atoms with Crippen molar-refractivity contribution in [3.63, 3.8) is 0 Å². The van der Waals surface area contributed by atoms with Gasteiger partial charge in [-0.15, -0.1) is 0 Å². The molecule has 3 rings (SSSR count). The number of nitrogens with zero attached hydrogens (tertiary/aromatic N) is 2. The number of hydrogen-bond acceptors (Lipinski definition) is 1. The van der Waals surface area contributed by atoms with E-state index in [4.69, 9.17) is 0 Å². The maximum Gasteiger partial charge on any atom is 0.322 e. The summed E-state index contributed by atoms with van der Waals surface area (Å²) < 4.78 is 15.8. The Hall–Kier alpha value is -3.08. The van der Waals surface area contributed by atoms with Crippen LogP contribution in [-0.4, -0.2) is 22.0 Å². The van der Waals surface area contributed by atoms with Crippen LogP contribution < -0.4 is 5.32 Å². The number of anilines is 1. The van der Waals surface area contributed by atoms with E-state index in [2.05, 4.69) is 62.7 Å². The van der Waals surface area contributed by atoms with Gasteiger partial charge < -0.3 is 14.8 Å². The minimum absolute atomic E-state index is 0.0815. The molecule has 0 aliphatic carbocycles. The molecule has 0 bridgehead atoms. The molecule has 0 fully saturated rings. The zero-order valence-electron chi connectivity index (χ0n) is 21.1. The van der Waals surface area contributed by atoms with Gasteiger partial charge in [-0.25, -0.2) is 9.18 Å². The average Bonchev–Trinajstić information content (AvgIpc) is 3.22. The Bertz CT molecular complexity index is 1060. The molecule has 2 amide bonds. The Morgan fingerprint density at radius 2 is 1.68 bits per heavy atom. The van der Waals surface area contributed by atoms with E-state index in [9.17, 15) is 9.18 Å². The Labute approximate surface area is 203 Å². The lowest BCUT2D eigenvalue weighted by atomic mass is 9.93. The fourth-order valence-electron chi connectivity index (χ4n) is 4.26. The second-order valence-corrected chi connectivity index (χ2v) is 9.58. The third-order valence-electron chi connectivity index (χ3n) is 6.19. The van der Waals surface area contributed by atoms with E-state index in [1.807, 2.05) is 29.3 Å². The van der Waals surface area contributed by atoms with Gasteiger partial charge in [0.05, 0.1) is 6.54 Å². The molecule has 1 N–H and O–H groups in total. The highest BCUT2D eigenvalue weighted by Crippen LogP contribution is 2.32. The van der Waals surface area contributed by atoms with Crippen molar-refractivity contribution in [2.24, 2.45) is 0 Å². The number of para-hydroxylation sites is 1. The fraction of sp³-hybridized carbons (Fsp3) is 0.414. The molecule has 0 saturated carbocycles. The summed E-state index contributed by atoms with van der Waals surface area (Å²) in [5, 5.41) is 3.27. The van der Waals surface area contributed by atoms with Crippen molar-refractivity contribution in [2.45, 2.75) is 72.4 Å². The molecular weight excluding hydrogens is 425 g/mol. The van der Waals surface area contributed by atoms with E-state index in [0.717, 1.165) is 40.9 Å². The number of aromatic nitrogens is 1. The summed E-state index contributed by atoms with van der Waals surface area (Å²) in [5.74, 6) is 0.378. The number of carbonyl (C=O) groups is 1. The van der Waals surface area contributed by atoms with Gasteiger partial charge in [-0.3, -0.25) is 0 Å². The second-order valence-electron chi connectivity index (χ2n) is 9.58. The molecule has 0 saturated heterocycles. The minimum Gasteiger partial charge on any atom is -0.345 e.